The summed E-state index contributed by atoms with van der Waals surface area (Å²) in [6.07, 6.45) is -0.136. The van der Waals surface area contributed by atoms with Gasteiger partial charge in [0.1, 0.15) is 12.6 Å². The van der Waals surface area contributed by atoms with Crippen molar-refractivity contribution in [1.82, 2.24) is 4.90 Å². The van der Waals surface area contributed by atoms with Crippen molar-refractivity contribution in [3.63, 3.8) is 0 Å². The number of carbonyl (C=O) groups excluding carboxylic acids is 2. The van der Waals surface area contributed by atoms with Crippen LogP contribution in [0.2, 0.25) is 0 Å². The predicted octanol–water partition coefficient (Wildman–Crippen LogP) is 1.74. The number of esters is 1. The molecule has 0 N–H and O–H groups in total. The zero-order valence-corrected chi connectivity index (χ0v) is 10.7. The van der Waals surface area contributed by atoms with Gasteiger partial charge >= 0.3 is 12.1 Å². The minimum atomic E-state index is -1.65. The first-order valence-electron chi connectivity index (χ1n) is 4.43. The Bertz CT molecular complexity index is 291. The topological polar surface area (TPSA) is 55.8 Å². The molecule has 0 aromatic carbocycles. The number of amides is 1. The van der Waals surface area contributed by atoms with Crippen LogP contribution in [0.5, 0.6) is 0 Å². The molecule has 1 atom stereocenters. The lowest BCUT2D eigenvalue weighted by Gasteiger charge is -2.37. The maximum Gasteiger partial charge on any atom is 0.410 e. The summed E-state index contributed by atoms with van der Waals surface area (Å²) in [5.41, 5.74) is 0. The van der Waals surface area contributed by atoms with Crippen LogP contribution in [-0.2, 0) is 14.3 Å². The number of rotatable bonds is 2. The molecule has 0 aromatic rings. The van der Waals surface area contributed by atoms with Gasteiger partial charge in [0.15, 0.2) is 0 Å². The van der Waals surface area contributed by atoms with Crippen molar-refractivity contribution >= 4 is 46.9 Å². The number of halogens is 3. The van der Waals surface area contributed by atoms with Crippen LogP contribution in [-0.4, -0.2) is 47.1 Å². The average molecular weight is 291 g/mol. The molecule has 1 rings (SSSR count). The Morgan fingerprint density at radius 3 is 2.44 bits per heavy atom. The summed E-state index contributed by atoms with van der Waals surface area (Å²) in [5, 5.41) is 0. The average Bonchev–Trinajstić information content (AvgIpc) is 2.11. The summed E-state index contributed by atoms with van der Waals surface area (Å²) in [6.45, 7) is 0.0688. The highest BCUT2D eigenvalue weighted by Gasteiger charge is 2.40. The van der Waals surface area contributed by atoms with Gasteiger partial charge in [-0.3, -0.25) is 4.90 Å². The largest absolute Gasteiger partial charge is 0.467 e. The van der Waals surface area contributed by atoms with Crippen molar-refractivity contribution in [3.8, 4) is 0 Å². The Balaban J connectivity index is 2.41. The Morgan fingerprint density at radius 1 is 1.44 bits per heavy atom. The molecule has 1 saturated heterocycles. The molecule has 0 bridgehead atoms. The van der Waals surface area contributed by atoms with Crippen LogP contribution in [0.1, 0.15) is 6.42 Å². The molecule has 8 heteroatoms. The minimum absolute atomic E-state index is 0.360. The maximum atomic E-state index is 11.4. The first-order valence-corrected chi connectivity index (χ1v) is 5.56. The van der Waals surface area contributed by atoms with E-state index in [1.807, 2.05) is 0 Å². The van der Waals surface area contributed by atoms with E-state index in [1.165, 1.54) is 12.0 Å². The Kier molecular flexibility index (Phi) is 4.52. The van der Waals surface area contributed by atoms with Crippen LogP contribution in [0.15, 0.2) is 0 Å². The van der Waals surface area contributed by atoms with Crippen LogP contribution in [0, 0.1) is 0 Å². The third-order valence-corrected chi connectivity index (χ3v) is 2.41. The number of alkyl halides is 3. The lowest BCUT2D eigenvalue weighted by Crippen LogP contribution is -2.55. The standard InChI is InChI=1S/C8H10Cl3NO4/c1-15-6(13)5-2-3-12(5)7(14)16-4-8(9,10)11/h5H,2-4H2,1H3. The maximum absolute atomic E-state index is 11.4. The molecule has 1 aliphatic heterocycles. The summed E-state index contributed by atoms with van der Waals surface area (Å²) in [4.78, 5) is 23.8. The summed E-state index contributed by atoms with van der Waals surface area (Å²) < 4.78 is 7.58. The number of nitrogens with zero attached hydrogens (tertiary/aromatic N) is 1. The number of carbonyl (C=O) groups is 2. The van der Waals surface area contributed by atoms with E-state index in [1.54, 1.807) is 0 Å². The van der Waals surface area contributed by atoms with E-state index in [-0.39, 0.29) is 6.61 Å². The third kappa shape index (κ3) is 3.57. The zero-order valence-electron chi connectivity index (χ0n) is 8.41. The highest BCUT2D eigenvalue weighted by Crippen LogP contribution is 2.27. The second kappa shape index (κ2) is 5.29. The van der Waals surface area contributed by atoms with Gasteiger partial charge in [0.25, 0.3) is 0 Å². The van der Waals surface area contributed by atoms with Gasteiger partial charge in [-0.1, -0.05) is 34.8 Å². The SMILES string of the molecule is COC(=O)C1CCN1C(=O)OCC(Cl)(Cl)Cl. The van der Waals surface area contributed by atoms with Gasteiger partial charge in [-0.15, -0.1) is 0 Å². The normalized spacial score (nSPS) is 20.0. The van der Waals surface area contributed by atoms with Crippen LogP contribution >= 0.6 is 34.8 Å². The van der Waals surface area contributed by atoms with Crippen molar-refractivity contribution in [1.29, 1.82) is 0 Å². The molecule has 0 saturated carbocycles. The number of hydrogen-bond acceptors (Lipinski definition) is 4. The molecule has 0 aliphatic carbocycles. The molecule has 0 spiro atoms. The molecule has 16 heavy (non-hydrogen) atoms. The number of likely N-dealkylation sites (tertiary alicyclic amines) is 1. The summed E-state index contributed by atoms with van der Waals surface area (Å²) >= 11 is 16.2. The van der Waals surface area contributed by atoms with Crippen molar-refractivity contribution in [2.75, 3.05) is 20.3 Å². The van der Waals surface area contributed by atoms with Gasteiger partial charge in [0.05, 0.1) is 7.11 Å². The van der Waals surface area contributed by atoms with E-state index in [9.17, 15) is 9.59 Å². The fourth-order valence-corrected chi connectivity index (χ4v) is 1.38. The molecule has 1 aliphatic rings. The van der Waals surface area contributed by atoms with E-state index in [0.29, 0.717) is 13.0 Å². The number of ether oxygens (including phenoxy) is 2. The molecule has 1 amide bonds. The summed E-state index contributed by atoms with van der Waals surface area (Å²) in [6, 6.07) is -0.590. The fraction of sp³-hybridized carbons (Fsp3) is 0.750. The summed E-state index contributed by atoms with van der Waals surface area (Å²) in [5.74, 6) is -0.475. The Labute approximate surface area is 108 Å². The van der Waals surface area contributed by atoms with Crippen molar-refractivity contribution in [2.45, 2.75) is 16.3 Å². The quantitative estimate of drug-likeness (QED) is 0.574. The molecule has 1 fully saturated rings. The first-order chi connectivity index (χ1) is 7.35. The van der Waals surface area contributed by atoms with Gasteiger partial charge < -0.3 is 9.47 Å². The first kappa shape index (κ1) is 13.7. The van der Waals surface area contributed by atoms with Crippen LogP contribution < -0.4 is 0 Å². The molecule has 1 heterocycles. The van der Waals surface area contributed by atoms with E-state index in [0.717, 1.165) is 0 Å². The molecular weight excluding hydrogens is 280 g/mol. The zero-order chi connectivity index (χ0) is 12.3. The number of methoxy groups -OCH3 is 1. The van der Waals surface area contributed by atoms with Gasteiger partial charge in [-0.05, 0) is 6.42 Å². The Hall–Kier alpha value is -0.390. The lowest BCUT2D eigenvalue weighted by atomic mass is 10.1. The molecule has 1 unspecified atom stereocenters. The second-order valence-electron chi connectivity index (χ2n) is 3.19. The van der Waals surface area contributed by atoms with E-state index in [2.05, 4.69) is 4.74 Å². The molecule has 5 nitrogen and oxygen atoms in total. The molecular formula is C8H10Cl3NO4. The van der Waals surface area contributed by atoms with Crippen LogP contribution in [0.4, 0.5) is 4.79 Å². The van der Waals surface area contributed by atoms with Gasteiger partial charge in [-0.25, -0.2) is 9.59 Å². The lowest BCUT2D eigenvalue weighted by molar-refractivity contribution is -0.150. The van der Waals surface area contributed by atoms with Crippen molar-refractivity contribution in [2.24, 2.45) is 0 Å². The minimum Gasteiger partial charge on any atom is -0.467 e. The molecule has 92 valence electrons. The van der Waals surface area contributed by atoms with Gasteiger partial charge in [-0.2, -0.15) is 0 Å². The second-order valence-corrected chi connectivity index (χ2v) is 5.71. The highest BCUT2D eigenvalue weighted by molar-refractivity contribution is 6.67. The number of hydrogen-bond donors (Lipinski definition) is 0. The van der Waals surface area contributed by atoms with Gasteiger partial charge in [0.2, 0.25) is 3.79 Å². The van der Waals surface area contributed by atoms with E-state index >= 15 is 0 Å². The van der Waals surface area contributed by atoms with Crippen LogP contribution in [0.25, 0.3) is 0 Å². The molecule has 0 aromatic heterocycles. The monoisotopic (exact) mass is 289 g/mol. The highest BCUT2D eigenvalue weighted by atomic mass is 35.6. The van der Waals surface area contributed by atoms with E-state index < -0.39 is 21.9 Å². The van der Waals surface area contributed by atoms with E-state index in [4.69, 9.17) is 39.5 Å². The predicted molar refractivity (Wildman–Crippen MR) is 58.8 cm³/mol. The fourth-order valence-electron chi connectivity index (χ4n) is 1.21. The van der Waals surface area contributed by atoms with Crippen molar-refractivity contribution in [3.05, 3.63) is 0 Å². The van der Waals surface area contributed by atoms with Gasteiger partial charge in [0, 0.05) is 6.54 Å². The summed E-state index contributed by atoms with van der Waals surface area (Å²) in [7, 11) is 1.26. The third-order valence-electron chi connectivity index (χ3n) is 2.09. The van der Waals surface area contributed by atoms with Crippen LogP contribution in [0.3, 0.4) is 0 Å². The smallest absolute Gasteiger partial charge is 0.410 e. The Morgan fingerprint density at radius 2 is 2.06 bits per heavy atom. The van der Waals surface area contributed by atoms with Crippen molar-refractivity contribution < 1.29 is 19.1 Å². The molecule has 0 radical (unpaired) electrons.